The topological polar surface area (TPSA) is 77.2 Å². The lowest BCUT2D eigenvalue weighted by Gasteiger charge is -2.17. The number of ether oxygens (including phenoxy) is 1. The molecule has 1 unspecified atom stereocenters. The summed E-state index contributed by atoms with van der Waals surface area (Å²) < 4.78 is 5.11. The number of rotatable bonds is 1. The van der Waals surface area contributed by atoms with Gasteiger partial charge < -0.3 is 15.8 Å². The van der Waals surface area contributed by atoms with E-state index in [1.165, 1.54) is 0 Å². The van der Waals surface area contributed by atoms with Crippen LogP contribution in [-0.4, -0.2) is 17.5 Å². The van der Waals surface area contributed by atoms with Crippen molar-refractivity contribution >= 4 is 11.6 Å². The van der Waals surface area contributed by atoms with E-state index < -0.39 is 0 Å². The molecule has 74 valence electrons. The largest absolute Gasteiger partial charge is 0.466 e. The third-order valence-electron chi connectivity index (χ3n) is 2.01. The molecule has 0 bridgehead atoms. The number of nitrogens with zero attached hydrogens (tertiary/aromatic N) is 1. The summed E-state index contributed by atoms with van der Waals surface area (Å²) in [7, 11) is 0. The number of hydrogen-bond acceptors (Lipinski definition) is 4. The van der Waals surface area contributed by atoms with Crippen LogP contribution in [0.15, 0.2) is 12.3 Å². The molecule has 3 N–H and O–H groups in total. The van der Waals surface area contributed by atoms with Crippen LogP contribution >= 0.6 is 0 Å². The number of nitrogens with two attached hydrogens (primary N) is 1. The number of hydrogen-bond donors (Lipinski definition) is 2. The molecule has 0 radical (unpaired) electrons. The Hall–Kier alpha value is -1.62. The summed E-state index contributed by atoms with van der Waals surface area (Å²) >= 11 is 0. The van der Waals surface area contributed by atoms with Crippen LogP contribution in [0.25, 0.3) is 0 Å². The predicted octanol–water partition coefficient (Wildman–Crippen LogP) is 0.432. The van der Waals surface area contributed by atoms with Gasteiger partial charge in [0, 0.05) is 12.2 Å². The molecule has 0 saturated heterocycles. The highest BCUT2D eigenvalue weighted by molar-refractivity contribution is 5.94. The SMILES string of the molecule is CC(N)c1cnc2c(c1)NC(=O)CO2. The smallest absolute Gasteiger partial charge is 0.262 e. The molecular weight excluding hydrogens is 182 g/mol. The Bertz CT molecular complexity index is 376. The van der Waals surface area contributed by atoms with Crippen molar-refractivity contribution in [2.75, 3.05) is 11.9 Å². The van der Waals surface area contributed by atoms with Crippen molar-refractivity contribution in [2.45, 2.75) is 13.0 Å². The van der Waals surface area contributed by atoms with Crippen LogP contribution < -0.4 is 15.8 Å². The first kappa shape index (κ1) is 8.96. The van der Waals surface area contributed by atoms with Gasteiger partial charge in [0.2, 0.25) is 5.88 Å². The summed E-state index contributed by atoms with van der Waals surface area (Å²) in [6.07, 6.45) is 1.65. The summed E-state index contributed by atoms with van der Waals surface area (Å²) in [6.45, 7) is 1.88. The van der Waals surface area contributed by atoms with Crippen LogP contribution in [-0.2, 0) is 4.79 Å². The van der Waals surface area contributed by atoms with Gasteiger partial charge in [-0.1, -0.05) is 0 Å². The minimum atomic E-state index is -0.166. The van der Waals surface area contributed by atoms with Crippen molar-refractivity contribution in [1.82, 2.24) is 4.98 Å². The number of fused-ring (bicyclic) bond motifs is 1. The molecule has 1 atom stereocenters. The van der Waals surface area contributed by atoms with Gasteiger partial charge in [0.15, 0.2) is 6.61 Å². The number of carbonyl (C=O) groups excluding carboxylic acids is 1. The van der Waals surface area contributed by atoms with Gasteiger partial charge in [0.05, 0.1) is 0 Å². The number of nitrogens with one attached hydrogen (secondary N) is 1. The third-order valence-corrected chi connectivity index (χ3v) is 2.01. The first-order valence-electron chi connectivity index (χ1n) is 4.35. The van der Waals surface area contributed by atoms with Crippen LogP contribution in [0.5, 0.6) is 5.88 Å². The van der Waals surface area contributed by atoms with Gasteiger partial charge in [-0.3, -0.25) is 4.79 Å². The summed E-state index contributed by atoms with van der Waals surface area (Å²) in [5.74, 6) is 0.287. The molecule has 1 amide bonds. The molecule has 1 aromatic heterocycles. The number of amides is 1. The zero-order valence-electron chi connectivity index (χ0n) is 7.78. The van der Waals surface area contributed by atoms with Crippen molar-refractivity contribution in [3.8, 4) is 5.88 Å². The number of anilines is 1. The van der Waals surface area contributed by atoms with E-state index in [0.29, 0.717) is 11.6 Å². The fourth-order valence-corrected chi connectivity index (χ4v) is 1.24. The van der Waals surface area contributed by atoms with Gasteiger partial charge in [-0.2, -0.15) is 0 Å². The fourth-order valence-electron chi connectivity index (χ4n) is 1.24. The summed E-state index contributed by atoms with van der Waals surface area (Å²) in [6, 6.07) is 1.68. The van der Waals surface area contributed by atoms with Crippen LogP contribution in [0.4, 0.5) is 5.69 Å². The molecule has 0 saturated carbocycles. The van der Waals surface area contributed by atoms with Gasteiger partial charge in [0.25, 0.3) is 5.91 Å². The molecule has 2 rings (SSSR count). The van der Waals surface area contributed by atoms with E-state index in [0.717, 1.165) is 5.56 Å². The molecule has 0 aliphatic carbocycles. The van der Waals surface area contributed by atoms with Gasteiger partial charge in [0.1, 0.15) is 5.69 Å². The minimum Gasteiger partial charge on any atom is -0.466 e. The lowest BCUT2D eigenvalue weighted by molar-refractivity contribution is -0.118. The molecule has 0 fully saturated rings. The van der Waals surface area contributed by atoms with E-state index in [4.69, 9.17) is 10.5 Å². The highest BCUT2D eigenvalue weighted by atomic mass is 16.5. The summed E-state index contributed by atoms with van der Waals surface area (Å²) in [5.41, 5.74) is 7.15. The van der Waals surface area contributed by atoms with Crippen molar-refractivity contribution in [1.29, 1.82) is 0 Å². The second-order valence-corrected chi connectivity index (χ2v) is 3.25. The lowest BCUT2D eigenvalue weighted by atomic mass is 10.1. The molecule has 14 heavy (non-hydrogen) atoms. The predicted molar refractivity (Wildman–Crippen MR) is 51.0 cm³/mol. The maximum absolute atomic E-state index is 11.0. The maximum Gasteiger partial charge on any atom is 0.262 e. The third kappa shape index (κ3) is 1.54. The summed E-state index contributed by atoms with van der Waals surface area (Å²) in [5, 5.41) is 2.67. The molecule has 1 aliphatic heterocycles. The van der Waals surface area contributed by atoms with Crippen LogP contribution in [0.3, 0.4) is 0 Å². The maximum atomic E-state index is 11.0. The number of carbonyl (C=O) groups is 1. The Morgan fingerprint density at radius 2 is 2.50 bits per heavy atom. The average Bonchev–Trinajstić information content (AvgIpc) is 2.16. The Morgan fingerprint density at radius 1 is 1.71 bits per heavy atom. The number of pyridine rings is 1. The van der Waals surface area contributed by atoms with Crippen molar-refractivity contribution < 1.29 is 9.53 Å². The van der Waals surface area contributed by atoms with E-state index in [1.807, 2.05) is 6.92 Å². The fraction of sp³-hybridized carbons (Fsp3) is 0.333. The van der Waals surface area contributed by atoms with Crippen molar-refractivity contribution in [3.63, 3.8) is 0 Å². The molecule has 1 aromatic rings. The zero-order chi connectivity index (χ0) is 10.1. The van der Waals surface area contributed by atoms with E-state index in [-0.39, 0.29) is 18.6 Å². The van der Waals surface area contributed by atoms with Gasteiger partial charge >= 0.3 is 0 Å². The molecule has 5 heteroatoms. The first-order valence-corrected chi connectivity index (χ1v) is 4.35. The van der Waals surface area contributed by atoms with E-state index in [1.54, 1.807) is 12.3 Å². The normalized spacial score (nSPS) is 16.6. The quantitative estimate of drug-likeness (QED) is 0.678. The molecule has 2 heterocycles. The Labute approximate surface area is 81.3 Å². The Kier molecular flexibility index (Phi) is 2.09. The molecule has 0 aromatic carbocycles. The highest BCUT2D eigenvalue weighted by Gasteiger charge is 2.17. The van der Waals surface area contributed by atoms with E-state index in [2.05, 4.69) is 10.3 Å². The van der Waals surface area contributed by atoms with Gasteiger partial charge in [-0.05, 0) is 18.6 Å². The summed E-state index contributed by atoms with van der Waals surface area (Å²) in [4.78, 5) is 15.1. The lowest BCUT2D eigenvalue weighted by Crippen LogP contribution is -2.26. The molecular formula is C9H11N3O2. The number of aromatic nitrogens is 1. The molecule has 0 spiro atoms. The Balaban J connectivity index is 2.37. The minimum absolute atomic E-state index is 0.0253. The van der Waals surface area contributed by atoms with E-state index >= 15 is 0 Å². The van der Waals surface area contributed by atoms with E-state index in [9.17, 15) is 4.79 Å². The highest BCUT2D eigenvalue weighted by Crippen LogP contribution is 2.26. The van der Waals surface area contributed by atoms with Crippen LogP contribution in [0.1, 0.15) is 18.5 Å². The average molecular weight is 193 g/mol. The zero-order valence-corrected chi connectivity index (χ0v) is 7.78. The monoisotopic (exact) mass is 193 g/mol. The van der Waals surface area contributed by atoms with Crippen molar-refractivity contribution in [2.24, 2.45) is 5.73 Å². The second kappa shape index (κ2) is 3.26. The van der Waals surface area contributed by atoms with Crippen molar-refractivity contribution in [3.05, 3.63) is 17.8 Å². The standard InChI is InChI=1S/C9H11N3O2/c1-5(10)6-2-7-9(11-3-6)14-4-8(13)12-7/h2-3,5H,4,10H2,1H3,(H,12,13). The van der Waals surface area contributed by atoms with Gasteiger partial charge in [-0.25, -0.2) is 4.98 Å². The Morgan fingerprint density at radius 3 is 3.21 bits per heavy atom. The van der Waals surface area contributed by atoms with Gasteiger partial charge in [-0.15, -0.1) is 0 Å². The first-order chi connectivity index (χ1) is 6.66. The van der Waals surface area contributed by atoms with Crippen LogP contribution in [0, 0.1) is 0 Å². The molecule has 1 aliphatic rings. The van der Waals surface area contributed by atoms with Crippen LogP contribution in [0.2, 0.25) is 0 Å². The second-order valence-electron chi connectivity index (χ2n) is 3.25. The molecule has 5 nitrogen and oxygen atoms in total.